The molecule has 0 fully saturated rings. The van der Waals surface area contributed by atoms with Gasteiger partial charge < -0.3 is 20.3 Å². The maximum Gasteiger partial charge on any atom is 0.274 e. The van der Waals surface area contributed by atoms with Crippen molar-refractivity contribution in [2.45, 2.75) is 19.9 Å². The van der Waals surface area contributed by atoms with Gasteiger partial charge in [-0.05, 0) is 19.1 Å². The molecule has 0 radical (unpaired) electrons. The van der Waals surface area contributed by atoms with Crippen molar-refractivity contribution in [1.82, 2.24) is 19.7 Å². The summed E-state index contributed by atoms with van der Waals surface area (Å²) in [6.07, 6.45) is 4.46. The molecule has 2 heterocycles. The maximum atomic E-state index is 12.4. The molecule has 0 aliphatic rings. The van der Waals surface area contributed by atoms with Gasteiger partial charge in [0, 0.05) is 38.5 Å². The van der Waals surface area contributed by atoms with Crippen molar-refractivity contribution in [3.05, 3.63) is 70.7 Å². The lowest BCUT2D eigenvalue weighted by molar-refractivity contribution is -0.384. The number of nitrogens with zero attached hydrogens (tertiary/aromatic N) is 5. The van der Waals surface area contributed by atoms with E-state index in [0.29, 0.717) is 24.7 Å². The first kappa shape index (κ1) is 25.1. The molecular weight excluding hydrogens is 454 g/mol. The van der Waals surface area contributed by atoms with Gasteiger partial charge in [-0.3, -0.25) is 24.4 Å². The number of ether oxygens (including phenoxy) is 1. The minimum atomic E-state index is -0.515. The lowest BCUT2D eigenvalue weighted by Crippen LogP contribution is -2.33. The number of carbonyl (C=O) groups is 2. The smallest absolute Gasteiger partial charge is 0.274 e. The molecule has 0 spiro atoms. The Balaban J connectivity index is 1.37. The third-order valence-electron chi connectivity index (χ3n) is 4.97. The Labute approximate surface area is 202 Å². The van der Waals surface area contributed by atoms with E-state index in [1.54, 1.807) is 18.1 Å². The molecule has 3 rings (SSSR count). The molecule has 0 unspecified atom stereocenters. The van der Waals surface area contributed by atoms with Crippen LogP contribution in [0.15, 0.2) is 55.0 Å². The zero-order valence-corrected chi connectivity index (χ0v) is 19.5. The van der Waals surface area contributed by atoms with E-state index in [1.165, 1.54) is 29.2 Å². The molecular formula is C23H27N7O5. The predicted molar refractivity (Wildman–Crippen MR) is 129 cm³/mol. The number of anilines is 2. The summed E-state index contributed by atoms with van der Waals surface area (Å²) in [6, 6.07) is 10.3. The number of likely N-dealkylation sites (N-methyl/N-ethyl adjacent to an activating group) is 1. The molecule has 3 aromatic rings. The average molecular weight is 482 g/mol. The van der Waals surface area contributed by atoms with Crippen LogP contribution in [0, 0.1) is 17.0 Å². The number of rotatable bonds is 12. The largest absolute Gasteiger partial charge is 0.492 e. The topological polar surface area (TPSA) is 145 Å². The Morgan fingerprint density at radius 3 is 2.74 bits per heavy atom. The summed E-state index contributed by atoms with van der Waals surface area (Å²) < 4.78 is 7.10. The van der Waals surface area contributed by atoms with Crippen molar-refractivity contribution in [1.29, 1.82) is 0 Å². The van der Waals surface area contributed by atoms with Crippen LogP contribution in [0.4, 0.5) is 17.2 Å². The Morgan fingerprint density at radius 1 is 1.23 bits per heavy atom. The molecule has 2 amide bonds. The minimum absolute atomic E-state index is 0.0247. The van der Waals surface area contributed by atoms with Crippen molar-refractivity contribution in [3.63, 3.8) is 0 Å². The van der Waals surface area contributed by atoms with Crippen LogP contribution in [0.5, 0.6) is 5.75 Å². The second-order valence-corrected chi connectivity index (χ2v) is 7.78. The summed E-state index contributed by atoms with van der Waals surface area (Å²) in [5, 5.41) is 20.5. The summed E-state index contributed by atoms with van der Waals surface area (Å²) in [4.78, 5) is 40.4. The molecule has 184 valence electrons. The first-order chi connectivity index (χ1) is 16.8. The van der Waals surface area contributed by atoms with Crippen LogP contribution in [0.3, 0.4) is 0 Å². The molecule has 0 bridgehead atoms. The molecule has 0 saturated carbocycles. The summed E-state index contributed by atoms with van der Waals surface area (Å²) in [6.45, 7) is 3.05. The van der Waals surface area contributed by atoms with E-state index < -0.39 is 4.92 Å². The highest BCUT2D eigenvalue weighted by Crippen LogP contribution is 2.14. The van der Waals surface area contributed by atoms with E-state index in [9.17, 15) is 19.7 Å². The number of nitro groups is 1. The van der Waals surface area contributed by atoms with Gasteiger partial charge >= 0.3 is 0 Å². The maximum absolute atomic E-state index is 12.4. The second-order valence-electron chi connectivity index (χ2n) is 7.78. The molecule has 0 aliphatic carbocycles. The van der Waals surface area contributed by atoms with Crippen LogP contribution < -0.4 is 15.4 Å². The predicted octanol–water partition coefficient (Wildman–Crippen LogP) is 2.47. The molecule has 12 heteroatoms. The fourth-order valence-corrected chi connectivity index (χ4v) is 2.99. The number of hydrogen-bond acceptors (Lipinski definition) is 8. The molecule has 2 N–H and O–H groups in total. The normalized spacial score (nSPS) is 10.5. The highest BCUT2D eigenvalue weighted by Gasteiger charge is 2.12. The van der Waals surface area contributed by atoms with Gasteiger partial charge in [-0.15, -0.1) is 0 Å². The van der Waals surface area contributed by atoms with Gasteiger partial charge in [-0.25, -0.2) is 4.98 Å². The quantitative estimate of drug-likeness (QED) is 0.296. The SMILES string of the molecule is Cc1ccc(OCCN(C)C(=O)Cn2cc(NC(=O)CCNc3cc([N+](=O)[O-])ccn3)cn2)cc1. The van der Waals surface area contributed by atoms with Crippen LogP contribution >= 0.6 is 0 Å². The van der Waals surface area contributed by atoms with Crippen LogP contribution in [-0.2, 0) is 16.1 Å². The van der Waals surface area contributed by atoms with Gasteiger partial charge in [-0.1, -0.05) is 17.7 Å². The van der Waals surface area contributed by atoms with Crippen molar-refractivity contribution < 1.29 is 19.2 Å². The minimum Gasteiger partial charge on any atom is -0.492 e. The molecule has 35 heavy (non-hydrogen) atoms. The highest BCUT2D eigenvalue weighted by atomic mass is 16.6. The van der Waals surface area contributed by atoms with Crippen molar-refractivity contribution in [3.8, 4) is 5.75 Å². The Hall–Kier alpha value is -4.48. The van der Waals surface area contributed by atoms with Crippen molar-refractivity contribution in [2.24, 2.45) is 0 Å². The number of amides is 2. The van der Waals surface area contributed by atoms with Gasteiger partial charge in [0.15, 0.2) is 0 Å². The van der Waals surface area contributed by atoms with E-state index in [4.69, 9.17) is 4.74 Å². The first-order valence-electron chi connectivity index (χ1n) is 10.9. The van der Waals surface area contributed by atoms with E-state index in [0.717, 1.165) is 11.3 Å². The Kier molecular flexibility index (Phi) is 8.70. The van der Waals surface area contributed by atoms with E-state index in [-0.39, 0.29) is 37.0 Å². The third-order valence-corrected chi connectivity index (χ3v) is 4.97. The zero-order chi connectivity index (χ0) is 25.2. The third kappa shape index (κ3) is 8.11. The number of nitrogens with one attached hydrogen (secondary N) is 2. The van der Waals surface area contributed by atoms with Crippen molar-refractivity contribution in [2.75, 3.05) is 37.4 Å². The first-order valence-corrected chi connectivity index (χ1v) is 10.9. The van der Waals surface area contributed by atoms with Crippen LogP contribution in [0.1, 0.15) is 12.0 Å². The summed E-state index contributed by atoms with van der Waals surface area (Å²) in [5.41, 5.74) is 1.52. The number of carbonyl (C=O) groups excluding carboxylic acids is 2. The molecule has 0 atom stereocenters. The average Bonchev–Trinajstić information content (AvgIpc) is 3.26. The van der Waals surface area contributed by atoms with Crippen LogP contribution in [-0.4, -0.2) is 63.1 Å². The summed E-state index contributed by atoms with van der Waals surface area (Å²) >= 11 is 0. The van der Waals surface area contributed by atoms with E-state index >= 15 is 0 Å². The van der Waals surface area contributed by atoms with Gasteiger partial charge in [0.2, 0.25) is 11.8 Å². The number of hydrogen-bond donors (Lipinski definition) is 2. The number of benzene rings is 1. The van der Waals surface area contributed by atoms with Crippen LogP contribution in [0.2, 0.25) is 0 Å². The standard InChI is InChI=1S/C23H27N7O5/c1-17-3-5-20(6-4-17)35-12-11-28(2)23(32)16-29-15-18(14-26-29)27-22(31)8-10-25-21-13-19(30(33)34)7-9-24-21/h3-7,9,13-15H,8,10-12,16H2,1-2H3,(H,24,25)(H,27,31). The highest BCUT2D eigenvalue weighted by molar-refractivity contribution is 5.90. The fourth-order valence-electron chi connectivity index (χ4n) is 2.99. The second kappa shape index (κ2) is 12.1. The summed E-state index contributed by atoms with van der Waals surface area (Å²) in [7, 11) is 1.69. The Morgan fingerprint density at radius 2 is 2.00 bits per heavy atom. The number of aromatic nitrogens is 3. The molecule has 2 aromatic heterocycles. The molecule has 1 aromatic carbocycles. The van der Waals surface area contributed by atoms with E-state index in [2.05, 4.69) is 20.7 Å². The number of pyridine rings is 1. The molecule has 0 aliphatic heterocycles. The van der Waals surface area contributed by atoms with Gasteiger partial charge in [0.25, 0.3) is 5.69 Å². The van der Waals surface area contributed by atoms with Gasteiger partial charge in [-0.2, -0.15) is 5.10 Å². The summed E-state index contributed by atoms with van der Waals surface area (Å²) in [5.74, 6) is 0.637. The lowest BCUT2D eigenvalue weighted by atomic mass is 10.2. The fraction of sp³-hybridized carbons (Fsp3) is 0.304. The lowest BCUT2D eigenvalue weighted by Gasteiger charge is -2.17. The monoisotopic (exact) mass is 481 g/mol. The molecule has 12 nitrogen and oxygen atoms in total. The van der Waals surface area contributed by atoms with Crippen LogP contribution in [0.25, 0.3) is 0 Å². The van der Waals surface area contributed by atoms with E-state index in [1.807, 2.05) is 31.2 Å². The molecule has 0 saturated heterocycles. The number of aryl methyl sites for hydroxylation is 1. The zero-order valence-electron chi connectivity index (χ0n) is 19.5. The van der Waals surface area contributed by atoms with Gasteiger partial charge in [0.05, 0.1) is 29.4 Å². The Bertz CT molecular complexity index is 1160. The van der Waals surface area contributed by atoms with Gasteiger partial charge in [0.1, 0.15) is 24.7 Å². The van der Waals surface area contributed by atoms with Crippen molar-refractivity contribution >= 4 is 29.0 Å².